The fourth-order valence-electron chi connectivity index (χ4n) is 4.28. The number of carbonyl (C=O) groups excluding carboxylic acids is 3. The first kappa shape index (κ1) is 27.5. The van der Waals surface area contributed by atoms with Crippen LogP contribution in [0.3, 0.4) is 0 Å². The first-order valence-corrected chi connectivity index (χ1v) is 13.8. The molecule has 1 aromatic carbocycles. The molecule has 2 aliphatic heterocycles. The minimum atomic E-state index is -0.424. The van der Waals surface area contributed by atoms with Crippen LogP contribution in [-0.2, 0) is 14.3 Å². The van der Waals surface area contributed by atoms with E-state index in [1.165, 1.54) is 11.3 Å². The van der Waals surface area contributed by atoms with E-state index in [4.69, 9.17) is 21.1 Å². The molecule has 2 N–H and O–H groups in total. The van der Waals surface area contributed by atoms with Crippen molar-refractivity contribution in [3.8, 4) is 0 Å². The van der Waals surface area contributed by atoms with Crippen molar-refractivity contribution in [1.82, 2.24) is 15.5 Å². The van der Waals surface area contributed by atoms with Crippen molar-refractivity contribution >= 4 is 46.3 Å². The molecule has 4 rings (SSSR count). The molecule has 0 saturated carbocycles. The number of hydrogen-bond acceptors (Lipinski definition) is 7. The van der Waals surface area contributed by atoms with Gasteiger partial charge in [-0.25, -0.2) is 0 Å². The van der Waals surface area contributed by atoms with Crippen molar-refractivity contribution in [3.05, 3.63) is 51.2 Å². The van der Waals surface area contributed by atoms with Crippen molar-refractivity contribution in [2.45, 2.75) is 25.3 Å². The maximum Gasteiger partial charge on any atom is 0.261 e. The summed E-state index contributed by atoms with van der Waals surface area (Å²) in [5.74, 6) is -0.408. The predicted octanol–water partition coefficient (Wildman–Crippen LogP) is 2.80. The Morgan fingerprint density at radius 1 is 1.05 bits per heavy atom. The Hall–Kier alpha value is -2.50. The molecule has 3 heterocycles. The van der Waals surface area contributed by atoms with Crippen LogP contribution in [0.2, 0.25) is 4.34 Å². The van der Waals surface area contributed by atoms with E-state index >= 15 is 0 Å². The van der Waals surface area contributed by atoms with Crippen LogP contribution in [0.1, 0.15) is 39.3 Å². The van der Waals surface area contributed by atoms with Crippen molar-refractivity contribution < 1.29 is 23.9 Å². The maximum atomic E-state index is 12.8. The van der Waals surface area contributed by atoms with Gasteiger partial charge < -0.3 is 25.0 Å². The molecule has 3 amide bonds. The van der Waals surface area contributed by atoms with E-state index in [2.05, 4.69) is 15.5 Å². The zero-order valence-electron chi connectivity index (χ0n) is 20.7. The van der Waals surface area contributed by atoms with Gasteiger partial charge in [-0.15, -0.1) is 11.3 Å². The Kier molecular flexibility index (Phi) is 10.3. The summed E-state index contributed by atoms with van der Waals surface area (Å²) in [7, 11) is 0. The molecule has 0 spiro atoms. The lowest BCUT2D eigenvalue weighted by Crippen LogP contribution is -2.46. The number of hydrogen-bond donors (Lipinski definition) is 2. The van der Waals surface area contributed by atoms with E-state index < -0.39 is 6.04 Å². The van der Waals surface area contributed by atoms with E-state index in [0.29, 0.717) is 34.3 Å². The summed E-state index contributed by atoms with van der Waals surface area (Å²) in [5.41, 5.74) is 1.28. The Balaban J connectivity index is 1.30. The smallest absolute Gasteiger partial charge is 0.261 e. The van der Waals surface area contributed by atoms with E-state index in [-0.39, 0.29) is 30.9 Å². The van der Waals surface area contributed by atoms with E-state index in [9.17, 15) is 14.4 Å². The third-order valence-electron chi connectivity index (χ3n) is 6.38. The van der Waals surface area contributed by atoms with E-state index in [1.54, 1.807) is 41.3 Å². The number of amides is 3. The van der Waals surface area contributed by atoms with Crippen LogP contribution >= 0.6 is 22.9 Å². The minimum absolute atomic E-state index is 0.114. The summed E-state index contributed by atoms with van der Waals surface area (Å²) in [5, 5.41) is 5.84. The summed E-state index contributed by atoms with van der Waals surface area (Å²) >= 11 is 7.18. The Morgan fingerprint density at radius 2 is 1.84 bits per heavy atom. The van der Waals surface area contributed by atoms with Gasteiger partial charge in [0.1, 0.15) is 0 Å². The topological polar surface area (TPSA) is 100 Å². The number of rotatable bonds is 11. The van der Waals surface area contributed by atoms with Crippen LogP contribution in [-0.4, -0.2) is 87.8 Å². The fourth-order valence-corrected chi connectivity index (χ4v) is 5.22. The summed E-state index contributed by atoms with van der Waals surface area (Å²) in [4.78, 5) is 42.2. The molecule has 1 aromatic heterocycles. The van der Waals surface area contributed by atoms with Crippen LogP contribution in [0.5, 0.6) is 0 Å². The monoisotopic (exact) mass is 548 g/mol. The van der Waals surface area contributed by atoms with E-state index in [1.807, 2.05) is 0 Å². The number of thiophene rings is 1. The van der Waals surface area contributed by atoms with Gasteiger partial charge in [0.2, 0.25) is 5.91 Å². The normalized spacial score (nSPS) is 17.4. The Morgan fingerprint density at radius 3 is 2.54 bits per heavy atom. The highest BCUT2D eigenvalue weighted by molar-refractivity contribution is 7.18. The summed E-state index contributed by atoms with van der Waals surface area (Å²) in [6, 6.07) is 9.95. The summed E-state index contributed by atoms with van der Waals surface area (Å²) in [6.45, 7) is 5.66. The number of halogens is 1. The van der Waals surface area contributed by atoms with Crippen LogP contribution in [0.25, 0.3) is 0 Å². The lowest BCUT2D eigenvalue weighted by Gasteiger charge is -2.27. The second-order valence-electron chi connectivity index (χ2n) is 9.06. The molecule has 9 nitrogen and oxygen atoms in total. The first-order chi connectivity index (χ1) is 18.0. The van der Waals surface area contributed by atoms with Crippen molar-refractivity contribution in [1.29, 1.82) is 0 Å². The van der Waals surface area contributed by atoms with E-state index in [0.717, 1.165) is 51.4 Å². The zero-order valence-corrected chi connectivity index (χ0v) is 22.3. The quantitative estimate of drug-likeness (QED) is 0.419. The minimum Gasteiger partial charge on any atom is -0.379 e. The SMILES string of the molecule is O=C(NCC(COCCN1CCOCC1)NC(=O)c1ccc(Cl)s1)c1ccc(N2CCCCC2=O)cc1. The van der Waals surface area contributed by atoms with Crippen LogP contribution in [0.15, 0.2) is 36.4 Å². The summed E-state index contributed by atoms with van der Waals surface area (Å²) in [6.07, 6.45) is 2.46. The lowest BCUT2D eigenvalue weighted by molar-refractivity contribution is -0.119. The van der Waals surface area contributed by atoms with Gasteiger partial charge in [-0.05, 0) is 49.2 Å². The highest BCUT2D eigenvalue weighted by Crippen LogP contribution is 2.22. The number of piperidine rings is 1. The highest BCUT2D eigenvalue weighted by atomic mass is 35.5. The third-order valence-corrected chi connectivity index (χ3v) is 7.61. The molecule has 11 heteroatoms. The molecule has 0 bridgehead atoms. The van der Waals surface area contributed by atoms with Gasteiger partial charge in [0, 0.05) is 50.4 Å². The average Bonchev–Trinajstić information content (AvgIpc) is 3.36. The molecular weight excluding hydrogens is 516 g/mol. The first-order valence-electron chi connectivity index (χ1n) is 12.6. The second kappa shape index (κ2) is 13.9. The average molecular weight is 549 g/mol. The largest absolute Gasteiger partial charge is 0.379 e. The number of nitrogens with zero attached hydrogens (tertiary/aromatic N) is 2. The van der Waals surface area contributed by atoms with Gasteiger partial charge in [-0.1, -0.05) is 11.6 Å². The van der Waals surface area contributed by atoms with Crippen molar-refractivity contribution in [2.24, 2.45) is 0 Å². The molecule has 37 heavy (non-hydrogen) atoms. The zero-order chi connectivity index (χ0) is 26.0. The molecule has 200 valence electrons. The highest BCUT2D eigenvalue weighted by Gasteiger charge is 2.21. The Bertz CT molecular complexity index is 1060. The number of benzene rings is 1. The van der Waals surface area contributed by atoms with Gasteiger partial charge in [0.05, 0.1) is 41.7 Å². The molecule has 2 aliphatic rings. The Labute approximate surface area is 226 Å². The van der Waals surface area contributed by atoms with Crippen LogP contribution in [0, 0.1) is 0 Å². The number of anilines is 1. The number of carbonyl (C=O) groups is 3. The molecule has 0 aliphatic carbocycles. The van der Waals surface area contributed by atoms with Crippen molar-refractivity contribution in [2.75, 3.05) is 64.1 Å². The van der Waals surface area contributed by atoms with Crippen LogP contribution in [0.4, 0.5) is 5.69 Å². The molecular formula is C26H33ClN4O5S. The van der Waals surface area contributed by atoms with Gasteiger partial charge in [0.25, 0.3) is 11.8 Å². The predicted molar refractivity (Wildman–Crippen MR) is 144 cm³/mol. The molecule has 2 aromatic rings. The maximum absolute atomic E-state index is 12.8. The van der Waals surface area contributed by atoms with Gasteiger partial charge in [-0.3, -0.25) is 19.3 Å². The third kappa shape index (κ3) is 8.24. The van der Waals surface area contributed by atoms with Crippen LogP contribution < -0.4 is 15.5 Å². The molecule has 2 saturated heterocycles. The standard InChI is InChI=1S/C26H33ClN4O5S/c27-23-9-8-22(37-23)26(34)29-20(18-36-16-13-30-11-14-35-15-12-30)17-28-25(33)19-4-6-21(7-5-19)31-10-2-1-3-24(31)32/h4-9,20H,1-3,10-18H2,(H,28,33)(H,29,34). The number of nitrogens with one attached hydrogen (secondary N) is 2. The number of morpholine rings is 1. The van der Waals surface area contributed by atoms with Gasteiger partial charge in [0.15, 0.2) is 0 Å². The second-order valence-corrected chi connectivity index (χ2v) is 10.8. The van der Waals surface area contributed by atoms with Gasteiger partial charge in [-0.2, -0.15) is 0 Å². The van der Waals surface area contributed by atoms with Gasteiger partial charge >= 0.3 is 0 Å². The fraction of sp³-hybridized carbons (Fsp3) is 0.500. The molecule has 1 atom stereocenters. The molecule has 0 radical (unpaired) electrons. The molecule has 1 unspecified atom stereocenters. The summed E-state index contributed by atoms with van der Waals surface area (Å²) < 4.78 is 11.8. The number of ether oxygens (including phenoxy) is 2. The van der Waals surface area contributed by atoms with Crippen molar-refractivity contribution in [3.63, 3.8) is 0 Å². The lowest BCUT2D eigenvalue weighted by atomic mass is 10.1. The molecule has 2 fully saturated rings.